The molecule has 8 heteroatoms. The van der Waals surface area contributed by atoms with Crippen molar-refractivity contribution < 1.29 is 9.53 Å². The molecule has 0 bridgehead atoms. The first-order chi connectivity index (χ1) is 15.7. The fraction of sp³-hybridized carbons (Fsp3) is 0.500. The van der Waals surface area contributed by atoms with Crippen molar-refractivity contribution in [2.45, 2.75) is 50.7 Å². The lowest BCUT2D eigenvalue weighted by Gasteiger charge is -2.33. The average Bonchev–Trinajstić information content (AvgIpc) is 3.75. The smallest absolute Gasteiger partial charge is 0.252 e. The molecule has 0 radical (unpaired) electrons. The molecule has 8 nitrogen and oxygen atoms in total. The zero-order valence-corrected chi connectivity index (χ0v) is 18.3. The van der Waals surface area contributed by atoms with Crippen LogP contribution in [0.4, 0.5) is 0 Å². The topological polar surface area (TPSA) is 85.2 Å². The van der Waals surface area contributed by atoms with Gasteiger partial charge in [-0.05, 0) is 50.8 Å². The Morgan fingerprint density at radius 3 is 2.88 bits per heavy atom. The molecular formula is C24H28N6O2. The highest BCUT2D eigenvalue weighted by atomic mass is 16.5. The van der Waals surface area contributed by atoms with E-state index in [2.05, 4.69) is 15.2 Å². The van der Waals surface area contributed by atoms with E-state index < -0.39 is 0 Å². The normalized spacial score (nSPS) is 21.7. The van der Waals surface area contributed by atoms with E-state index in [-0.39, 0.29) is 12.0 Å². The quantitative estimate of drug-likeness (QED) is 0.645. The number of carbonyl (C=O) groups is 1. The lowest BCUT2D eigenvalue weighted by atomic mass is 10.1. The Hall–Kier alpha value is -2.84. The van der Waals surface area contributed by atoms with Crippen LogP contribution >= 0.6 is 0 Å². The van der Waals surface area contributed by atoms with Crippen molar-refractivity contribution >= 4 is 16.9 Å². The first kappa shape index (κ1) is 19.8. The van der Waals surface area contributed by atoms with E-state index in [0.717, 1.165) is 55.4 Å². The molecule has 4 heterocycles. The van der Waals surface area contributed by atoms with Crippen molar-refractivity contribution in [3.8, 4) is 5.82 Å². The van der Waals surface area contributed by atoms with Gasteiger partial charge in [-0.1, -0.05) is 6.07 Å². The highest BCUT2D eigenvalue weighted by molar-refractivity contribution is 6.06. The first-order valence-corrected chi connectivity index (χ1v) is 11.6. The van der Waals surface area contributed by atoms with E-state index in [9.17, 15) is 4.79 Å². The Kier molecular flexibility index (Phi) is 4.91. The largest absolute Gasteiger partial charge is 0.374 e. The lowest BCUT2D eigenvalue weighted by Crippen LogP contribution is -2.48. The maximum Gasteiger partial charge on any atom is 0.252 e. The predicted molar refractivity (Wildman–Crippen MR) is 120 cm³/mol. The lowest BCUT2D eigenvalue weighted by molar-refractivity contribution is -0.0293. The minimum absolute atomic E-state index is 0.0332. The van der Waals surface area contributed by atoms with Crippen LogP contribution in [-0.4, -0.2) is 68.9 Å². The molecule has 1 unspecified atom stereocenters. The number of carbonyl (C=O) groups excluding carboxylic acids is 1. The number of ether oxygens (including phenoxy) is 1. The number of fused-ring (bicyclic) bond motifs is 1. The molecule has 6 rings (SSSR count). The number of hydrogen-bond donors (Lipinski definition) is 1. The molecule has 2 aliphatic carbocycles. The van der Waals surface area contributed by atoms with Gasteiger partial charge in [0.15, 0.2) is 11.5 Å². The van der Waals surface area contributed by atoms with Crippen LogP contribution in [0.5, 0.6) is 0 Å². The first-order valence-electron chi connectivity index (χ1n) is 11.6. The van der Waals surface area contributed by atoms with Crippen LogP contribution in [0.1, 0.15) is 53.3 Å². The number of aromatic nitrogens is 4. The summed E-state index contributed by atoms with van der Waals surface area (Å²) >= 11 is 0. The standard InChI is InChI=1S/C24H28N6O2/c1-15-22-19(24(31)26-13-18-14-29(10-11-32-18)17-7-8-17)12-20(16-5-6-16)27-23(22)30(28-15)21-4-2-3-9-25-21/h2-4,9,12,16-18H,5-8,10-11,13-14H2,1H3,(H,26,31). The number of nitrogens with zero attached hydrogens (tertiary/aromatic N) is 5. The SMILES string of the molecule is Cc1nn(-c2ccccn2)c2nc(C3CC3)cc(C(=O)NCC3CN(C4CC4)CCO3)c12. The summed E-state index contributed by atoms with van der Waals surface area (Å²) in [4.78, 5) is 25.2. The Morgan fingerprint density at radius 2 is 2.12 bits per heavy atom. The molecule has 1 N–H and O–H groups in total. The predicted octanol–water partition coefficient (Wildman–Crippen LogP) is 2.59. The number of nitrogens with one attached hydrogen (secondary N) is 1. The van der Waals surface area contributed by atoms with Crippen LogP contribution in [0.3, 0.4) is 0 Å². The fourth-order valence-electron chi connectivity index (χ4n) is 4.65. The summed E-state index contributed by atoms with van der Waals surface area (Å²) in [5.74, 6) is 1.04. The van der Waals surface area contributed by atoms with Gasteiger partial charge in [-0.2, -0.15) is 9.78 Å². The average molecular weight is 433 g/mol. The molecule has 3 aliphatic rings. The maximum atomic E-state index is 13.4. The van der Waals surface area contributed by atoms with Crippen LogP contribution in [0.25, 0.3) is 16.9 Å². The van der Waals surface area contributed by atoms with Crippen LogP contribution in [-0.2, 0) is 4.74 Å². The second kappa shape index (κ2) is 7.94. The molecular weight excluding hydrogens is 404 g/mol. The van der Waals surface area contributed by atoms with E-state index >= 15 is 0 Å². The van der Waals surface area contributed by atoms with Crippen LogP contribution in [0.15, 0.2) is 30.5 Å². The monoisotopic (exact) mass is 432 g/mol. The Bertz CT molecular complexity index is 1150. The molecule has 32 heavy (non-hydrogen) atoms. The van der Waals surface area contributed by atoms with Gasteiger partial charge in [0.25, 0.3) is 5.91 Å². The van der Waals surface area contributed by atoms with Gasteiger partial charge >= 0.3 is 0 Å². The summed E-state index contributed by atoms with van der Waals surface area (Å²) in [6.45, 7) is 5.06. The van der Waals surface area contributed by atoms with Crippen molar-refractivity contribution in [3.63, 3.8) is 0 Å². The van der Waals surface area contributed by atoms with Crippen LogP contribution < -0.4 is 5.32 Å². The van der Waals surface area contributed by atoms with Crippen molar-refractivity contribution in [2.75, 3.05) is 26.2 Å². The van der Waals surface area contributed by atoms with Gasteiger partial charge in [0.05, 0.1) is 29.4 Å². The van der Waals surface area contributed by atoms with E-state index in [1.807, 2.05) is 31.2 Å². The van der Waals surface area contributed by atoms with Crippen molar-refractivity contribution in [3.05, 3.63) is 47.4 Å². The minimum atomic E-state index is -0.0879. The Balaban J connectivity index is 1.30. The Labute approximate surface area is 187 Å². The molecule has 1 aliphatic heterocycles. The highest BCUT2D eigenvalue weighted by Gasteiger charge is 2.33. The molecule has 3 aromatic heterocycles. The molecule has 1 saturated heterocycles. The summed E-state index contributed by atoms with van der Waals surface area (Å²) < 4.78 is 7.68. The summed E-state index contributed by atoms with van der Waals surface area (Å²) in [5.41, 5.74) is 3.09. The zero-order chi connectivity index (χ0) is 21.7. The molecule has 166 valence electrons. The number of rotatable bonds is 6. The third kappa shape index (κ3) is 3.78. The molecule has 1 amide bonds. The van der Waals surface area contributed by atoms with Gasteiger partial charge < -0.3 is 10.1 Å². The summed E-state index contributed by atoms with van der Waals surface area (Å²) in [5, 5.41) is 8.62. The van der Waals surface area contributed by atoms with E-state index in [0.29, 0.717) is 29.5 Å². The van der Waals surface area contributed by atoms with Crippen LogP contribution in [0.2, 0.25) is 0 Å². The van der Waals surface area contributed by atoms with Gasteiger partial charge in [-0.25, -0.2) is 9.97 Å². The van der Waals surface area contributed by atoms with Gasteiger partial charge in [-0.3, -0.25) is 9.69 Å². The van der Waals surface area contributed by atoms with E-state index in [1.165, 1.54) is 12.8 Å². The van der Waals surface area contributed by atoms with Gasteiger partial charge in [0.2, 0.25) is 0 Å². The third-order valence-electron chi connectivity index (χ3n) is 6.66. The molecule has 0 spiro atoms. The molecule has 2 saturated carbocycles. The van der Waals surface area contributed by atoms with Gasteiger partial charge in [0.1, 0.15) is 0 Å². The van der Waals surface area contributed by atoms with E-state index in [1.54, 1.807) is 10.9 Å². The summed E-state index contributed by atoms with van der Waals surface area (Å²) in [7, 11) is 0. The molecule has 1 atom stereocenters. The zero-order valence-electron chi connectivity index (χ0n) is 18.3. The second-order valence-electron chi connectivity index (χ2n) is 9.18. The number of pyridine rings is 2. The summed E-state index contributed by atoms with van der Waals surface area (Å²) in [6.07, 6.45) is 6.58. The molecule has 3 aromatic rings. The van der Waals surface area contributed by atoms with Crippen molar-refractivity contribution in [2.24, 2.45) is 0 Å². The van der Waals surface area contributed by atoms with Crippen molar-refractivity contribution in [1.82, 2.24) is 30.0 Å². The summed E-state index contributed by atoms with van der Waals surface area (Å²) in [6, 6.07) is 8.40. The minimum Gasteiger partial charge on any atom is -0.374 e. The van der Waals surface area contributed by atoms with Crippen molar-refractivity contribution in [1.29, 1.82) is 0 Å². The number of aryl methyl sites for hydroxylation is 1. The van der Waals surface area contributed by atoms with E-state index in [4.69, 9.17) is 14.8 Å². The third-order valence-corrected chi connectivity index (χ3v) is 6.66. The van der Waals surface area contributed by atoms with Gasteiger partial charge in [0, 0.05) is 43.5 Å². The number of morpholine rings is 1. The highest BCUT2D eigenvalue weighted by Crippen LogP contribution is 2.40. The van der Waals surface area contributed by atoms with Crippen LogP contribution in [0, 0.1) is 6.92 Å². The Morgan fingerprint density at radius 1 is 1.25 bits per heavy atom. The van der Waals surface area contributed by atoms with Gasteiger partial charge in [-0.15, -0.1) is 0 Å². The number of amides is 1. The second-order valence-corrected chi connectivity index (χ2v) is 9.18. The fourth-order valence-corrected chi connectivity index (χ4v) is 4.65. The number of hydrogen-bond acceptors (Lipinski definition) is 6. The maximum absolute atomic E-state index is 13.4. The molecule has 0 aromatic carbocycles. The molecule has 3 fully saturated rings.